The summed E-state index contributed by atoms with van der Waals surface area (Å²) in [6, 6.07) is 15.7. The van der Waals surface area contributed by atoms with Crippen LogP contribution < -0.4 is 10.6 Å². The van der Waals surface area contributed by atoms with Crippen molar-refractivity contribution in [2.45, 2.75) is 39.7 Å². The second-order valence-electron chi connectivity index (χ2n) is 8.11. The van der Waals surface area contributed by atoms with Gasteiger partial charge in [-0.1, -0.05) is 31.2 Å². The van der Waals surface area contributed by atoms with Gasteiger partial charge in [-0.25, -0.2) is 4.98 Å². The van der Waals surface area contributed by atoms with Crippen LogP contribution in [-0.4, -0.2) is 20.8 Å². The van der Waals surface area contributed by atoms with E-state index in [9.17, 15) is 4.79 Å². The van der Waals surface area contributed by atoms with E-state index in [4.69, 9.17) is 4.98 Å². The van der Waals surface area contributed by atoms with Crippen molar-refractivity contribution in [1.82, 2.24) is 9.38 Å². The number of carbonyl (C=O) groups is 1. The Kier molecular flexibility index (Phi) is 5.35. The number of aromatic nitrogens is 2. The minimum Gasteiger partial charge on any atom is -0.364 e. The number of carbonyl (C=O) groups excluding carboxylic acids is 1. The van der Waals surface area contributed by atoms with Gasteiger partial charge in [-0.05, 0) is 62.4 Å². The fraction of sp³-hybridized carbons (Fsp3) is 0.250. The van der Waals surface area contributed by atoms with Gasteiger partial charge in [0.1, 0.15) is 17.2 Å². The summed E-state index contributed by atoms with van der Waals surface area (Å²) in [6.07, 6.45) is 3.09. The van der Waals surface area contributed by atoms with E-state index in [1.54, 1.807) is 0 Å². The average molecular weight is 419 g/mol. The highest BCUT2D eigenvalue weighted by Gasteiger charge is 2.21. The first-order valence-corrected chi connectivity index (χ1v) is 11.0. The highest BCUT2D eigenvalue weighted by Crippen LogP contribution is 2.32. The first-order valence-electron chi connectivity index (χ1n) is 10.1. The van der Waals surface area contributed by atoms with Crippen LogP contribution in [0.3, 0.4) is 0 Å². The molecule has 4 aromatic rings. The van der Waals surface area contributed by atoms with Crippen LogP contribution in [0.4, 0.5) is 11.5 Å². The molecular weight excluding hydrogens is 392 g/mol. The number of pyridine rings is 1. The number of hydrogen-bond donors (Lipinski definition) is 2. The lowest BCUT2D eigenvalue weighted by molar-refractivity contribution is 0.103. The number of benzene rings is 1. The summed E-state index contributed by atoms with van der Waals surface area (Å²) >= 11 is 1.43. The lowest BCUT2D eigenvalue weighted by Gasteiger charge is -2.26. The molecule has 0 saturated heterocycles. The smallest absolute Gasteiger partial charge is 0.265 e. The van der Waals surface area contributed by atoms with Crippen LogP contribution in [0.15, 0.2) is 60.1 Å². The molecule has 0 saturated carbocycles. The van der Waals surface area contributed by atoms with E-state index in [1.807, 2.05) is 47.8 Å². The molecule has 3 heterocycles. The second kappa shape index (κ2) is 7.95. The Hall–Kier alpha value is -3.12. The molecule has 3 aromatic heterocycles. The molecule has 0 fully saturated rings. The Balaban J connectivity index is 1.69. The van der Waals surface area contributed by atoms with Crippen molar-refractivity contribution in [3.8, 4) is 11.3 Å². The number of hydrogen-bond acceptors (Lipinski definition) is 4. The third-order valence-corrected chi connectivity index (χ3v) is 6.14. The highest BCUT2D eigenvalue weighted by molar-refractivity contribution is 7.12. The van der Waals surface area contributed by atoms with Crippen molar-refractivity contribution < 1.29 is 4.79 Å². The van der Waals surface area contributed by atoms with Crippen molar-refractivity contribution in [3.63, 3.8) is 0 Å². The third-order valence-electron chi connectivity index (χ3n) is 5.27. The predicted molar refractivity (Wildman–Crippen MR) is 126 cm³/mol. The number of rotatable bonds is 6. The van der Waals surface area contributed by atoms with Crippen molar-refractivity contribution in [2.24, 2.45) is 0 Å². The molecule has 0 atom stereocenters. The molecule has 1 amide bonds. The fourth-order valence-electron chi connectivity index (χ4n) is 3.19. The van der Waals surface area contributed by atoms with Gasteiger partial charge < -0.3 is 10.6 Å². The summed E-state index contributed by atoms with van der Waals surface area (Å²) in [7, 11) is 0. The Morgan fingerprint density at radius 1 is 1.13 bits per heavy atom. The Labute approximate surface area is 180 Å². The number of fused-ring (bicyclic) bond motifs is 1. The van der Waals surface area contributed by atoms with Crippen LogP contribution in [0, 0.1) is 6.92 Å². The van der Waals surface area contributed by atoms with Gasteiger partial charge in [-0.15, -0.1) is 11.3 Å². The summed E-state index contributed by atoms with van der Waals surface area (Å²) < 4.78 is 2.12. The maximum atomic E-state index is 12.3. The highest BCUT2D eigenvalue weighted by atomic mass is 32.1. The monoisotopic (exact) mass is 418 g/mol. The van der Waals surface area contributed by atoms with Gasteiger partial charge >= 0.3 is 0 Å². The molecule has 0 aliphatic carbocycles. The summed E-state index contributed by atoms with van der Waals surface area (Å²) in [5, 5.41) is 8.53. The SMILES string of the molecule is CCC(C)(C)Nc1c(-c2ccc(NC(=O)c3cccs3)cc2)nc2ccc(C)cn12. The fourth-order valence-corrected chi connectivity index (χ4v) is 3.81. The molecule has 30 heavy (non-hydrogen) atoms. The Morgan fingerprint density at radius 3 is 2.57 bits per heavy atom. The molecule has 0 aliphatic rings. The van der Waals surface area contributed by atoms with E-state index in [1.165, 1.54) is 16.9 Å². The minimum atomic E-state index is -0.0898. The molecular formula is C24H26N4OS. The lowest BCUT2D eigenvalue weighted by atomic mass is 10.0. The van der Waals surface area contributed by atoms with Gasteiger partial charge in [0.05, 0.1) is 4.88 Å². The van der Waals surface area contributed by atoms with E-state index in [0.717, 1.165) is 34.8 Å². The second-order valence-corrected chi connectivity index (χ2v) is 9.06. The van der Waals surface area contributed by atoms with Crippen molar-refractivity contribution in [2.75, 3.05) is 10.6 Å². The molecule has 0 aliphatic heterocycles. The third kappa shape index (κ3) is 4.09. The van der Waals surface area contributed by atoms with Gasteiger partial charge in [-0.3, -0.25) is 9.20 Å². The van der Waals surface area contributed by atoms with E-state index in [-0.39, 0.29) is 11.4 Å². The number of imidazole rings is 1. The normalized spacial score (nSPS) is 11.6. The largest absolute Gasteiger partial charge is 0.364 e. The maximum absolute atomic E-state index is 12.3. The molecule has 154 valence electrons. The number of anilines is 2. The Bertz CT molecular complexity index is 1170. The molecule has 0 radical (unpaired) electrons. The first-order chi connectivity index (χ1) is 14.4. The zero-order valence-electron chi connectivity index (χ0n) is 17.7. The van der Waals surface area contributed by atoms with Crippen LogP contribution in [0.25, 0.3) is 16.9 Å². The van der Waals surface area contributed by atoms with E-state index in [2.05, 4.69) is 55.0 Å². The van der Waals surface area contributed by atoms with Crippen molar-refractivity contribution in [1.29, 1.82) is 0 Å². The van der Waals surface area contributed by atoms with Gasteiger partial charge in [0.25, 0.3) is 5.91 Å². The molecule has 0 spiro atoms. The summed E-state index contributed by atoms with van der Waals surface area (Å²) in [6.45, 7) is 8.63. The minimum absolute atomic E-state index is 0.0664. The zero-order valence-corrected chi connectivity index (χ0v) is 18.5. The number of thiophene rings is 1. The number of nitrogens with zero attached hydrogens (tertiary/aromatic N) is 2. The standard InChI is InChI=1S/C24H26N4OS/c1-5-24(3,4)27-22-21(26-20-13-8-16(2)15-28(20)22)17-9-11-18(12-10-17)25-23(29)19-7-6-14-30-19/h6-15,27H,5H2,1-4H3,(H,25,29). The topological polar surface area (TPSA) is 58.4 Å². The first kappa shape index (κ1) is 20.2. The van der Waals surface area contributed by atoms with E-state index >= 15 is 0 Å². The van der Waals surface area contributed by atoms with Gasteiger partial charge in [0.2, 0.25) is 0 Å². The van der Waals surface area contributed by atoms with Crippen LogP contribution in [0.1, 0.15) is 42.4 Å². The van der Waals surface area contributed by atoms with Crippen molar-refractivity contribution in [3.05, 3.63) is 70.5 Å². The Morgan fingerprint density at radius 2 is 1.90 bits per heavy atom. The molecule has 4 rings (SSSR count). The molecule has 6 heteroatoms. The van der Waals surface area contributed by atoms with Crippen LogP contribution in [-0.2, 0) is 0 Å². The molecule has 0 bridgehead atoms. The average Bonchev–Trinajstić information content (AvgIpc) is 3.37. The van der Waals surface area contributed by atoms with Crippen LogP contribution >= 0.6 is 11.3 Å². The summed E-state index contributed by atoms with van der Waals surface area (Å²) in [5.74, 6) is 0.893. The number of amides is 1. The maximum Gasteiger partial charge on any atom is 0.265 e. The summed E-state index contributed by atoms with van der Waals surface area (Å²) in [4.78, 5) is 17.9. The predicted octanol–water partition coefficient (Wildman–Crippen LogP) is 6.22. The molecule has 2 N–H and O–H groups in total. The molecule has 5 nitrogen and oxygen atoms in total. The quantitative estimate of drug-likeness (QED) is 0.390. The lowest BCUT2D eigenvalue weighted by Crippen LogP contribution is -2.30. The number of nitrogens with one attached hydrogen (secondary N) is 2. The number of aryl methyl sites for hydroxylation is 1. The van der Waals surface area contributed by atoms with Gasteiger partial charge in [0.15, 0.2) is 0 Å². The van der Waals surface area contributed by atoms with Crippen LogP contribution in [0.5, 0.6) is 0 Å². The van der Waals surface area contributed by atoms with E-state index in [0.29, 0.717) is 4.88 Å². The molecule has 1 aromatic carbocycles. The van der Waals surface area contributed by atoms with Crippen molar-refractivity contribution >= 4 is 34.4 Å². The zero-order chi connectivity index (χ0) is 21.3. The summed E-state index contributed by atoms with van der Waals surface area (Å²) in [5.41, 5.74) is 4.68. The van der Waals surface area contributed by atoms with Gasteiger partial charge in [0, 0.05) is 23.0 Å². The van der Waals surface area contributed by atoms with Gasteiger partial charge in [-0.2, -0.15) is 0 Å². The molecule has 0 unspecified atom stereocenters. The van der Waals surface area contributed by atoms with Crippen LogP contribution in [0.2, 0.25) is 0 Å². The van der Waals surface area contributed by atoms with E-state index < -0.39 is 0 Å².